The SMILES string of the molecule is O[C@@H](c1cnn(-c2ccccc2)n1)c1c(Cl)ccc2cncn12. The molecule has 4 rings (SSSR count). The summed E-state index contributed by atoms with van der Waals surface area (Å²) in [5.74, 6) is 0. The van der Waals surface area contributed by atoms with Crippen molar-refractivity contribution in [3.05, 3.63) is 77.6 Å². The van der Waals surface area contributed by atoms with Gasteiger partial charge in [-0.25, -0.2) is 4.98 Å². The van der Waals surface area contributed by atoms with Gasteiger partial charge in [-0.05, 0) is 24.3 Å². The second-order valence-corrected chi connectivity index (χ2v) is 5.46. The van der Waals surface area contributed by atoms with Gasteiger partial charge in [-0.3, -0.25) is 4.40 Å². The zero-order chi connectivity index (χ0) is 15.8. The summed E-state index contributed by atoms with van der Waals surface area (Å²) in [4.78, 5) is 5.56. The summed E-state index contributed by atoms with van der Waals surface area (Å²) < 4.78 is 1.74. The van der Waals surface area contributed by atoms with E-state index >= 15 is 0 Å². The first-order valence-electron chi connectivity index (χ1n) is 7.00. The molecule has 6 nitrogen and oxygen atoms in total. The quantitative estimate of drug-likeness (QED) is 0.629. The number of benzene rings is 1. The monoisotopic (exact) mass is 325 g/mol. The van der Waals surface area contributed by atoms with Crippen molar-refractivity contribution in [1.82, 2.24) is 24.4 Å². The van der Waals surface area contributed by atoms with E-state index in [1.807, 2.05) is 36.4 Å². The lowest BCUT2D eigenvalue weighted by Gasteiger charge is -2.12. The molecule has 4 aromatic rings. The van der Waals surface area contributed by atoms with Crippen LogP contribution in [0.3, 0.4) is 0 Å². The van der Waals surface area contributed by atoms with E-state index in [-0.39, 0.29) is 0 Å². The van der Waals surface area contributed by atoms with Crippen LogP contribution in [0, 0.1) is 0 Å². The van der Waals surface area contributed by atoms with Gasteiger partial charge < -0.3 is 5.11 Å². The summed E-state index contributed by atoms with van der Waals surface area (Å²) in [5, 5.41) is 19.7. The van der Waals surface area contributed by atoms with Crippen LogP contribution in [0.25, 0.3) is 11.2 Å². The van der Waals surface area contributed by atoms with Crippen LogP contribution in [0.4, 0.5) is 0 Å². The molecule has 0 bridgehead atoms. The predicted molar refractivity (Wildman–Crippen MR) is 85.6 cm³/mol. The molecule has 0 aliphatic carbocycles. The van der Waals surface area contributed by atoms with E-state index in [4.69, 9.17) is 11.6 Å². The molecule has 0 aliphatic heterocycles. The Morgan fingerprint density at radius 2 is 1.87 bits per heavy atom. The normalized spacial score (nSPS) is 12.6. The van der Waals surface area contributed by atoms with Crippen molar-refractivity contribution >= 4 is 17.1 Å². The molecule has 1 atom stereocenters. The van der Waals surface area contributed by atoms with Crippen LogP contribution in [-0.4, -0.2) is 29.5 Å². The third-order valence-electron chi connectivity index (χ3n) is 3.61. The number of fused-ring (bicyclic) bond motifs is 1. The fourth-order valence-electron chi connectivity index (χ4n) is 2.48. The van der Waals surface area contributed by atoms with Crippen molar-refractivity contribution in [2.75, 3.05) is 0 Å². The Bertz CT molecular complexity index is 963. The highest BCUT2D eigenvalue weighted by Crippen LogP contribution is 2.28. The molecule has 0 fully saturated rings. The van der Waals surface area contributed by atoms with E-state index in [2.05, 4.69) is 15.2 Å². The molecule has 0 spiro atoms. The molecule has 23 heavy (non-hydrogen) atoms. The number of pyridine rings is 1. The summed E-state index contributed by atoms with van der Waals surface area (Å²) in [6.07, 6.45) is 3.84. The Hall–Kier alpha value is -2.70. The van der Waals surface area contributed by atoms with Crippen LogP contribution in [0.2, 0.25) is 5.02 Å². The van der Waals surface area contributed by atoms with E-state index in [1.165, 1.54) is 11.0 Å². The summed E-state index contributed by atoms with van der Waals surface area (Å²) in [6, 6.07) is 13.1. The van der Waals surface area contributed by atoms with E-state index < -0.39 is 6.10 Å². The minimum absolute atomic E-state index is 0.414. The maximum atomic E-state index is 10.7. The van der Waals surface area contributed by atoms with Gasteiger partial charge in [0, 0.05) is 0 Å². The fourth-order valence-corrected chi connectivity index (χ4v) is 2.73. The third kappa shape index (κ3) is 2.38. The molecule has 0 saturated carbocycles. The van der Waals surface area contributed by atoms with Crippen LogP contribution in [0.1, 0.15) is 17.5 Å². The summed E-state index contributed by atoms with van der Waals surface area (Å²) in [6.45, 7) is 0. The van der Waals surface area contributed by atoms with E-state index in [1.54, 1.807) is 23.0 Å². The van der Waals surface area contributed by atoms with Gasteiger partial charge in [0.05, 0.1) is 40.6 Å². The Balaban J connectivity index is 1.77. The zero-order valence-electron chi connectivity index (χ0n) is 11.9. The van der Waals surface area contributed by atoms with Gasteiger partial charge >= 0.3 is 0 Å². The molecule has 0 saturated heterocycles. The lowest BCUT2D eigenvalue weighted by molar-refractivity contribution is 0.208. The molecule has 0 aliphatic rings. The van der Waals surface area contributed by atoms with Gasteiger partial charge in [-0.1, -0.05) is 29.8 Å². The zero-order valence-corrected chi connectivity index (χ0v) is 12.7. The Labute approximate surface area is 136 Å². The van der Waals surface area contributed by atoms with Gasteiger partial charge in [0.1, 0.15) is 11.8 Å². The first-order chi connectivity index (χ1) is 11.2. The Kier molecular flexibility index (Phi) is 3.33. The molecule has 3 aromatic heterocycles. The second kappa shape index (κ2) is 5.49. The molecular weight excluding hydrogens is 314 g/mol. The smallest absolute Gasteiger partial charge is 0.141 e. The van der Waals surface area contributed by atoms with Crippen LogP contribution in [-0.2, 0) is 0 Å². The molecular formula is C16H12ClN5O. The number of aliphatic hydroxyl groups is 1. The second-order valence-electron chi connectivity index (χ2n) is 5.05. The van der Waals surface area contributed by atoms with Gasteiger partial charge in [0.2, 0.25) is 0 Å². The molecule has 3 heterocycles. The predicted octanol–water partition coefficient (Wildman–Crippen LogP) is 2.65. The summed E-state index contributed by atoms with van der Waals surface area (Å²) in [5.41, 5.74) is 2.59. The van der Waals surface area contributed by atoms with Crippen molar-refractivity contribution in [3.63, 3.8) is 0 Å². The number of imidazole rings is 1. The molecule has 0 radical (unpaired) electrons. The van der Waals surface area contributed by atoms with E-state index in [0.717, 1.165) is 11.2 Å². The van der Waals surface area contributed by atoms with Crippen LogP contribution < -0.4 is 0 Å². The number of rotatable bonds is 3. The molecule has 1 aromatic carbocycles. The topological polar surface area (TPSA) is 68.2 Å². The van der Waals surface area contributed by atoms with Crippen LogP contribution in [0.5, 0.6) is 0 Å². The van der Waals surface area contributed by atoms with Crippen molar-refractivity contribution in [3.8, 4) is 5.69 Å². The minimum Gasteiger partial charge on any atom is -0.380 e. The lowest BCUT2D eigenvalue weighted by atomic mass is 10.1. The first kappa shape index (κ1) is 13.9. The van der Waals surface area contributed by atoms with Gasteiger partial charge in [-0.15, -0.1) is 0 Å². The van der Waals surface area contributed by atoms with E-state index in [0.29, 0.717) is 16.4 Å². The number of hydrogen-bond acceptors (Lipinski definition) is 4. The number of nitrogens with zero attached hydrogens (tertiary/aromatic N) is 5. The Morgan fingerprint density at radius 3 is 2.70 bits per heavy atom. The number of aromatic nitrogens is 5. The number of halogens is 1. The average Bonchev–Trinajstić information content (AvgIpc) is 3.24. The molecule has 114 valence electrons. The molecule has 7 heteroatoms. The maximum Gasteiger partial charge on any atom is 0.141 e. The average molecular weight is 326 g/mol. The first-order valence-corrected chi connectivity index (χ1v) is 7.38. The molecule has 0 unspecified atom stereocenters. The van der Waals surface area contributed by atoms with Crippen molar-refractivity contribution in [2.24, 2.45) is 0 Å². The van der Waals surface area contributed by atoms with Gasteiger partial charge in [0.15, 0.2) is 0 Å². The van der Waals surface area contributed by atoms with Crippen LogP contribution >= 0.6 is 11.6 Å². The minimum atomic E-state index is -1.00. The molecule has 1 N–H and O–H groups in total. The lowest BCUT2D eigenvalue weighted by Crippen LogP contribution is -2.08. The standard InChI is InChI=1S/C16H12ClN5O/c17-13-7-6-12-8-18-10-21(12)15(13)16(23)14-9-19-22(20-14)11-4-2-1-3-5-11/h1-10,16,23H/t16-/m0/s1. The maximum absolute atomic E-state index is 10.7. The highest BCUT2D eigenvalue weighted by molar-refractivity contribution is 6.31. The number of hydrogen-bond donors (Lipinski definition) is 1. The highest BCUT2D eigenvalue weighted by Gasteiger charge is 2.21. The fraction of sp³-hybridized carbons (Fsp3) is 0.0625. The summed E-state index contributed by atoms with van der Waals surface area (Å²) >= 11 is 6.27. The largest absolute Gasteiger partial charge is 0.380 e. The van der Waals surface area contributed by atoms with E-state index in [9.17, 15) is 5.11 Å². The molecule has 0 amide bonds. The van der Waals surface area contributed by atoms with Crippen LogP contribution in [0.15, 0.2) is 61.2 Å². The van der Waals surface area contributed by atoms with Crippen molar-refractivity contribution in [1.29, 1.82) is 0 Å². The van der Waals surface area contributed by atoms with Crippen molar-refractivity contribution < 1.29 is 5.11 Å². The van der Waals surface area contributed by atoms with Gasteiger partial charge in [0.25, 0.3) is 0 Å². The third-order valence-corrected chi connectivity index (χ3v) is 3.93. The van der Waals surface area contributed by atoms with Gasteiger partial charge in [-0.2, -0.15) is 15.0 Å². The number of para-hydroxylation sites is 1. The van der Waals surface area contributed by atoms with Crippen molar-refractivity contribution in [2.45, 2.75) is 6.10 Å². The number of aliphatic hydroxyl groups excluding tert-OH is 1. The summed E-state index contributed by atoms with van der Waals surface area (Å²) in [7, 11) is 0. The Morgan fingerprint density at radius 1 is 1.04 bits per heavy atom. The highest BCUT2D eigenvalue weighted by atomic mass is 35.5.